The first-order chi connectivity index (χ1) is 6.31. The maximum Gasteiger partial charge on any atom is 0.208 e. The molecular formula is C9H19NO3S. The van der Waals surface area contributed by atoms with Crippen LogP contribution in [0.15, 0.2) is 0 Å². The zero-order valence-electron chi connectivity index (χ0n) is 8.78. The highest BCUT2D eigenvalue weighted by molar-refractivity contribution is 7.88. The van der Waals surface area contributed by atoms with Gasteiger partial charge in [0.1, 0.15) is 0 Å². The van der Waals surface area contributed by atoms with Gasteiger partial charge in [0.25, 0.3) is 0 Å². The fraction of sp³-hybridized carbons (Fsp3) is 1.00. The van der Waals surface area contributed by atoms with Crippen molar-refractivity contribution >= 4 is 10.0 Å². The third kappa shape index (κ3) is 3.55. The van der Waals surface area contributed by atoms with Crippen LogP contribution in [0.5, 0.6) is 0 Å². The third-order valence-electron chi connectivity index (χ3n) is 2.96. The summed E-state index contributed by atoms with van der Waals surface area (Å²) in [5.41, 5.74) is -0.712. The third-order valence-corrected chi connectivity index (χ3v) is 3.65. The Hall–Kier alpha value is -0.130. The number of sulfonamides is 1. The summed E-state index contributed by atoms with van der Waals surface area (Å²) in [6, 6.07) is 0. The molecule has 4 nitrogen and oxygen atoms in total. The lowest BCUT2D eigenvalue weighted by Crippen LogP contribution is -2.44. The molecule has 0 radical (unpaired) electrons. The Morgan fingerprint density at radius 2 is 2.14 bits per heavy atom. The van der Waals surface area contributed by atoms with Gasteiger partial charge in [-0.15, -0.1) is 0 Å². The van der Waals surface area contributed by atoms with Gasteiger partial charge in [-0.25, -0.2) is 13.1 Å². The second-order valence-electron chi connectivity index (χ2n) is 4.42. The van der Waals surface area contributed by atoms with Gasteiger partial charge < -0.3 is 5.11 Å². The Labute approximate surface area is 85.8 Å². The van der Waals surface area contributed by atoms with Gasteiger partial charge >= 0.3 is 0 Å². The van der Waals surface area contributed by atoms with Crippen molar-refractivity contribution in [2.45, 2.75) is 38.2 Å². The normalized spacial score (nSPS) is 34.4. The highest BCUT2D eigenvalue weighted by atomic mass is 32.2. The Bertz CT molecular complexity index is 284. The van der Waals surface area contributed by atoms with E-state index in [1.807, 2.05) is 0 Å². The van der Waals surface area contributed by atoms with Gasteiger partial charge in [0.05, 0.1) is 11.9 Å². The zero-order chi connectivity index (χ0) is 10.8. The minimum absolute atomic E-state index is 0.0472. The van der Waals surface area contributed by atoms with E-state index in [0.717, 1.165) is 31.9 Å². The molecular weight excluding hydrogens is 202 g/mol. The fourth-order valence-electron chi connectivity index (χ4n) is 1.96. The summed E-state index contributed by atoms with van der Waals surface area (Å²) < 4.78 is 24.2. The van der Waals surface area contributed by atoms with Crippen LogP contribution in [0.25, 0.3) is 0 Å². The number of nitrogens with one attached hydrogen (secondary N) is 1. The van der Waals surface area contributed by atoms with Crippen LogP contribution in [0, 0.1) is 5.92 Å². The second kappa shape index (κ2) is 4.16. The minimum atomic E-state index is -3.13. The molecule has 2 N–H and O–H groups in total. The van der Waals surface area contributed by atoms with Crippen LogP contribution in [0.2, 0.25) is 0 Å². The van der Waals surface area contributed by atoms with Crippen molar-refractivity contribution in [3.05, 3.63) is 0 Å². The van der Waals surface area contributed by atoms with E-state index in [0.29, 0.717) is 6.54 Å². The van der Waals surface area contributed by atoms with Gasteiger partial charge in [-0.2, -0.15) is 0 Å². The van der Waals surface area contributed by atoms with Crippen molar-refractivity contribution in [2.24, 2.45) is 5.92 Å². The Morgan fingerprint density at radius 3 is 2.64 bits per heavy atom. The quantitative estimate of drug-likeness (QED) is 0.728. The van der Waals surface area contributed by atoms with Crippen molar-refractivity contribution in [3.8, 4) is 0 Å². The topological polar surface area (TPSA) is 66.4 Å². The molecule has 0 amide bonds. The molecule has 14 heavy (non-hydrogen) atoms. The molecule has 84 valence electrons. The van der Waals surface area contributed by atoms with Crippen molar-refractivity contribution < 1.29 is 13.5 Å². The zero-order valence-corrected chi connectivity index (χ0v) is 9.60. The van der Waals surface area contributed by atoms with E-state index in [9.17, 15) is 13.5 Å². The first-order valence-electron chi connectivity index (χ1n) is 4.98. The highest BCUT2D eigenvalue weighted by Crippen LogP contribution is 2.32. The molecule has 0 bridgehead atoms. The molecule has 1 rings (SSSR count). The molecule has 0 aromatic rings. The summed E-state index contributed by atoms with van der Waals surface area (Å²) in [5, 5.41) is 10.00. The summed E-state index contributed by atoms with van der Waals surface area (Å²) >= 11 is 0. The Kier molecular flexibility index (Phi) is 3.55. The molecule has 1 saturated carbocycles. The predicted molar refractivity (Wildman–Crippen MR) is 55.4 cm³/mol. The molecule has 0 aromatic carbocycles. The minimum Gasteiger partial charge on any atom is -0.390 e. The van der Waals surface area contributed by atoms with Gasteiger partial charge in [-0.1, -0.05) is 12.8 Å². The number of rotatable bonds is 3. The maximum atomic E-state index is 10.9. The van der Waals surface area contributed by atoms with Crippen molar-refractivity contribution in [2.75, 3.05) is 12.8 Å². The maximum absolute atomic E-state index is 10.9. The average Bonchev–Trinajstić information content (AvgIpc) is 2.00. The summed E-state index contributed by atoms with van der Waals surface area (Å²) in [6.07, 6.45) is 4.91. The van der Waals surface area contributed by atoms with Crippen LogP contribution in [0.3, 0.4) is 0 Å². The lowest BCUT2D eigenvalue weighted by Gasteiger charge is -2.37. The van der Waals surface area contributed by atoms with Crippen molar-refractivity contribution in [1.29, 1.82) is 0 Å². The van der Waals surface area contributed by atoms with Crippen LogP contribution in [-0.2, 0) is 10.0 Å². The van der Waals surface area contributed by atoms with E-state index in [-0.39, 0.29) is 5.92 Å². The Balaban J connectivity index is 2.50. The molecule has 0 spiro atoms. The summed E-state index contributed by atoms with van der Waals surface area (Å²) in [7, 11) is -3.13. The molecule has 2 unspecified atom stereocenters. The van der Waals surface area contributed by atoms with E-state index in [1.54, 1.807) is 6.92 Å². The van der Waals surface area contributed by atoms with Gasteiger partial charge in [-0.3, -0.25) is 0 Å². The first-order valence-corrected chi connectivity index (χ1v) is 6.87. The van der Waals surface area contributed by atoms with Gasteiger partial charge in [-0.05, 0) is 19.8 Å². The molecule has 1 fully saturated rings. The second-order valence-corrected chi connectivity index (χ2v) is 6.25. The van der Waals surface area contributed by atoms with E-state index < -0.39 is 15.6 Å². The largest absolute Gasteiger partial charge is 0.390 e. The van der Waals surface area contributed by atoms with E-state index >= 15 is 0 Å². The first kappa shape index (κ1) is 11.9. The molecule has 1 aliphatic carbocycles. The van der Waals surface area contributed by atoms with Crippen LogP contribution >= 0.6 is 0 Å². The summed E-state index contributed by atoms with van der Waals surface area (Å²) in [5.74, 6) is 0.0472. The molecule has 0 heterocycles. The van der Waals surface area contributed by atoms with Crippen LogP contribution in [0.4, 0.5) is 0 Å². The molecule has 2 atom stereocenters. The van der Waals surface area contributed by atoms with Gasteiger partial charge in [0.15, 0.2) is 0 Å². The number of hydrogen-bond acceptors (Lipinski definition) is 3. The molecule has 0 aromatic heterocycles. The molecule has 0 saturated heterocycles. The smallest absolute Gasteiger partial charge is 0.208 e. The average molecular weight is 221 g/mol. The standard InChI is InChI=1S/C9H19NO3S/c1-9(11)6-4-3-5-8(9)7-10-14(2,12)13/h8,10-11H,3-7H2,1-2H3. The lowest BCUT2D eigenvalue weighted by molar-refractivity contribution is -0.0289. The monoisotopic (exact) mass is 221 g/mol. The summed E-state index contributed by atoms with van der Waals surface area (Å²) in [4.78, 5) is 0. The molecule has 0 aliphatic heterocycles. The predicted octanol–water partition coefficient (Wildman–Crippen LogP) is 0.477. The Morgan fingerprint density at radius 1 is 1.50 bits per heavy atom. The van der Waals surface area contributed by atoms with Crippen LogP contribution in [0.1, 0.15) is 32.6 Å². The van der Waals surface area contributed by atoms with E-state index in [2.05, 4.69) is 4.72 Å². The lowest BCUT2D eigenvalue weighted by atomic mass is 9.77. The van der Waals surface area contributed by atoms with Gasteiger partial charge in [0.2, 0.25) is 10.0 Å². The van der Waals surface area contributed by atoms with E-state index in [4.69, 9.17) is 0 Å². The number of aliphatic hydroxyl groups is 1. The van der Waals surface area contributed by atoms with Gasteiger partial charge in [0, 0.05) is 12.5 Å². The van der Waals surface area contributed by atoms with Crippen LogP contribution in [-0.4, -0.2) is 31.9 Å². The fourth-order valence-corrected chi connectivity index (χ4v) is 2.47. The van der Waals surface area contributed by atoms with E-state index in [1.165, 1.54) is 0 Å². The van der Waals surface area contributed by atoms with Crippen molar-refractivity contribution in [1.82, 2.24) is 4.72 Å². The van der Waals surface area contributed by atoms with Crippen molar-refractivity contribution in [3.63, 3.8) is 0 Å². The highest BCUT2D eigenvalue weighted by Gasteiger charge is 2.34. The summed E-state index contributed by atoms with van der Waals surface area (Å²) in [6.45, 7) is 2.15. The SMILES string of the molecule is CC1(O)CCCCC1CNS(C)(=O)=O. The van der Waals surface area contributed by atoms with Crippen LogP contribution < -0.4 is 4.72 Å². The molecule has 5 heteroatoms. The molecule has 1 aliphatic rings. The number of hydrogen-bond donors (Lipinski definition) is 2.